The maximum Gasteiger partial charge on any atom is 0.284 e. The molecule has 2 aromatic carbocycles. The van der Waals surface area contributed by atoms with Gasteiger partial charge in [0.2, 0.25) is 11.8 Å². The number of sulfonamides is 1. The fraction of sp³-hybridized carbons (Fsp3) is 0.190. The van der Waals surface area contributed by atoms with Crippen molar-refractivity contribution in [2.75, 3.05) is 9.62 Å². The van der Waals surface area contributed by atoms with Gasteiger partial charge in [-0.15, -0.1) is 0 Å². The first-order chi connectivity index (χ1) is 14.9. The summed E-state index contributed by atoms with van der Waals surface area (Å²) in [6, 6.07) is 14.6. The molecule has 160 valence electrons. The van der Waals surface area contributed by atoms with Gasteiger partial charge in [0.1, 0.15) is 6.04 Å². The first-order valence-electron chi connectivity index (χ1n) is 9.59. The smallest absolute Gasteiger partial charge is 0.284 e. The fourth-order valence-electron chi connectivity index (χ4n) is 3.40. The van der Waals surface area contributed by atoms with Crippen LogP contribution in [0.15, 0.2) is 72.1 Å². The molecule has 10 heteroatoms. The summed E-state index contributed by atoms with van der Waals surface area (Å²) in [5.74, 6) is -1.02. The summed E-state index contributed by atoms with van der Waals surface area (Å²) in [6.45, 7) is 0.275. The molecule has 1 aliphatic heterocycles. The standard InChI is InChI=1S/C21H21N5O4S/c1-25-13-20(23-14-25)31(29,30)26-17-10-6-5-9-16(17)24-21(28)18(26)11-19(27)22-12-15-7-3-2-4-8-15/h2-10,13-14,18H,11-12H2,1H3,(H,22,27)(H,24,28). The minimum Gasteiger partial charge on any atom is -0.352 e. The molecule has 31 heavy (non-hydrogen) atoms. The molecule has 0 spiro atoms. The molecule has 2 amide bonds. The first kappa shape index (κ1) is 20.6. The number of aromatic nitrogens is 2. The highest BCUT2D eigenvalue weighted by molar-refractivity contribution is 7.92. The summed E-state index contributed by atoms with van der Waals surface area (Å²) in [7, 11) is -2.54. The molecule has 9 nitrogen and oxygen atoms in total. The lowest BCUT2D eigenvalue weighted by atomic mass is 10.1. The number of benzene rings is 2. The van der Waals surface area contributed by atoms with Crippen molar-refractivity contribution in [3.05, 3.63) is 72.7 Å². The number of carbonyl (C=O) groups excluding carboxylic acids is 2. The second kappa shape index (κ2) is 8.23. The number of imidazole rings is 1. The molecule has 1 atom stereocenters. The quantitative estimate of drug-likeness (QED) is 0.606. The van der Waals surface area contributed by atoms with E-state index in [-0.39, 0.29) is 23.7 Å². The maximum absolute atomic E-state index is 13.4. The molecule has 2 N–H and O–H groups in total. The summed E-state index contributed by atoms with van der Waals surface area (Å²) < 4.78 is 29.3. The highest BCUT2D eigenvalue weighted by Crippen LogP contribution is 2.36. The van der Waals surface area contributed by atoms with Gasteiger partial charge < -0.3 is 15.2 Å². The van der Waals surface area contributed by atoms with Crippen molar-refractivity contribution >= 4 is 33.2 Å². The second-order valence-corrected chi connectivity index (χ2v) is 8.93. The minimum absolute atomic E-state index is 0.200. The van der Waals surface area contributed by atoms with Crippen LogP contribution in [0.4, 0.5) is 11.4 Å². The number of rotatable bonds is 6. The Morgan fingerprint density at radius 1 is 1.13 bits per heavy atom. The van der Waals surface area contributed by atoms with E-state index in [2.05, 4.69) is 15.6 Å². The number of anilines is 2. The van der Waals surface area contributed by atoms with Crippen molar-refractivity contribution in [3.63, 3.8) is 0 Å². The molecule has 3 aromatic rings. The van der Waals surface area contributed by atoms with E-state index in [1.165, 1.54) is 17.1 Å². The Labute approximate surface area is 179 Å². The molecular weight excluding hydrogens is 418 g/mol. The van der Waals surface area contributed by atoms with Crippen molar-refractivity contribution in [1.82, 2.24) is 14.9 Å². The van der Waals surface area contributed by atoms with Crippen LogP contribution in [0, 0.1) is 0 Å². The lowest BCUT2D eigenvalue weighted by molar-refractivity contribution is -0.125. The Balaban J connectivity index is 1.64. The van der Waals surface area contributed by atoms with E-state index < -0.39 is 27.9 Å². The van der Waals surface area contributed by atoms with Gasteiger partial charge in [0.15, 0.2) is 5.03 Å². The van der Waals surface area contributed by atoms with Crippen LogP contribution < -0.4 is 14.9 Å². The van der Waals surface area contributed by atoms with Crippen molar-refractivity contribution in [3.8, 4) is 0 Å². The molecule has 0 fully saturated rings. The summed E-state index contributed by atoms with van der Waals surface area (Å²) in [5, 5.41) is 5.24. The van der Waals surface area contributed by atoms with Crippen LogP contribution in [-0.2, 0) is 33.2 Å². The van der Waals surface area contributed by atoms with Gasteiger partial charge in [-0.25, -0.2) is 9.29 Å². The molecule has 0 aliphatic carbocycles. The zero-order valence-corrected chi connectivity index (χ0v) is 17.5. The molecular formula is C21H21N5O4S. The molecule has 4 rings (SSSR count). The molecule has 1 aromatic heterocycles. The third-order valence-corrected chi connectivity index (χ3v) is 6.61. The topological polar surface area (TPSA) is 113 Å². The summed E-state index contributed by atoms with van der Waals surface area (Å²) in [5.41, 5.74) is 1.54. The Kier molecular flexibility index (Phi) is 5.47. The molecule has 2 heterocycles. The van der Waals surface area contributed by atoms with E-state index in [9.17, 15) is 18.0 Å². The third-order valence-electron chi connectivity index (χ3n) is 4.90. The average molecular weight is 439 g/mol. The Morgan fingerprint density at radius 3 is 2.55 bits per heavy atom. The van der Waals surface area contributed by atoms with Crippen molar-refractivity contribution in [1.29, 1.82) is 0 Å². The maximum atomic E-state index is 13.4. The number of nitrogens with zero attached hydrogens (tertiary/aromatic N) is 3. The number of hydrogen-bond donors (Lipinski definition) is 2. The summed E-state index contributed by atoms with van der Waals surface area (Å²) in [4.78, 5) is 29.4. The van der Waals surface area contributed by atoms with Crippen molar-refractivity contribution in [2.45, 2.75) is 24.0 Å². The zero-order chi connectivity index (χ0) is 22.0. The van der Waals surface area contributed by atoms with Gasteiger partial charge in [0, 0.05) is 19.8 Å². The number of nitrogens with one attached hydrogen (secondary N) is 2. The summed E-state index contributed by atoms with van der Waals surface area (Å²) >= 11 is 0. The van der Waals surface area contributed by atoms with Gasteiger partial charge in [-0.05, 0) is 17.7 Å². The van der Waals surface area contributed by atoms with Gasteiger partial charge in [-0.1, -0.05) is 42.5 Å². The van der Waals surface area contributed by atoms with Crippen LogP contribution >= 0.6 is 0 Å². The largest absolute Gasteiger partial charge is 0.352 e. The number of para-hydroxylation sites is 2. The van der Waals surface area contributed by atoms with E-state index in [0.29, 0.717) is 5.69 Å². The van der Waals surface area contributed by atoms with Gasteiger partial charge in [0.25, 0.3) is 10.0 Å². The molecule has 0 saturated carbocycles. The number of fused-ring (bicyclic) bond motifs is 1. The highest BCUT2D eigenvalue weighted by Gasteiger charge is 2.42. The third kappa shape index (κ3) is 4.15. The molecule has 1 unspecified atom stereocenters. The first-order valence-corrected chi connectivity index (χ1v) is 11.0. The predicted octanol–water partition coefficient (Wildman–Crippen LogP) is 1.64. The van der Waals surface area contributed by atoms with Gasteiger partial charge in [0.05, 0.1) is 24.1 Å². The van der Waals surface area contributed by atoms with Crippen LogP contribution in [0.3, 0.4) is 0 Å². The van der Waals surface area contributed by atoms with Crippen LogP contribution in [-0.4, -0.2) is 35.8 Å². The predicted molar refractivity (Wildman–Crippen MR) is 115 cm³/mol. The highest BCUT2D eigenvalue weighted by atomic mass is 32.2. The fourth-order valence-corrected chi connectivity index (χ4v) is 5.01. The Hall–Kier alpha value is -3.66. The van der Waals surface area contributed by atoms with Crippen LogP contribution in [0.5, 0.6) is 0 Å². The normalized spacial score (nSPS) is 15.8. The molecule has 0 saturated heterocycles. The van der Waals surface area contributed by atoms with E-state index in [1.807, 2.05) is 30.3 Å². The molecule has 0 bridgehead atoms. The van der Waals surface area contributed by atoms with Crippen LogP contribution in [0.2, 0.25) is 0 Å². The number of amides is 2. The van der Waals surface area contributed by atoms with E-state index in [0.717, 1.165) is 9.87 Å². The molecule has 1 aliphatic rings. The van der Waals surface area contributed by atoms with Gasteiger partial charge in [-0.2, -0.15) is 8.42 Å². The SMILES string of the molecule is Cn1cnc(S(=O)(=O)N2c3ccccc3NC(=O)C2CC(=O)NCc2ccccc2)c1. The van der Waals surface area contributed by atoms with Crippen molar-refractivity contribution < 1.29 is 18.0 Å². The second-order valence-electron chi connectivity index (χ2n) is 7.17. The van der Waals surface area contributed by atoms with E-state index in [4.69, 9.17) is 0 Å². The molecule has 0 radical (unpaired) electrons. The lowest BCUT2D eigenvalue weighted by Gasteiger charge is -2.36. The van der Waals surface area contributed by atoms with Gasteiger partial charge >= 0.3 is 0 Å². The lowest BCUT2D eigenvalue weighted by Crippen LogP contribution is -2.52. The van der Waals surface area contributed by atoms with E-state index >= 15 is 0 Å². The number of carbonyl (C=O) groups is 2. The number of aryl methyl sites for hydroxylation is 1. The zero-order valence-electron chi connectivity index (χ0n) is 16.7. The van der Waals surface area contributed by atoms with E-state index in [1.54, 1.807) is 31.3 Å². The number of hydrogen-bond acceptors (Lipinski definition) is 5. The van der Waals surface area contributed by atoms with Crippen LogP contribution in [0.1, 0.15) is 12.0 Å². The Morgan fingerprint density at radius 2 is 1.84 bits per heavy atom. The van der Waals surface area contributed by atoms with Crippen molar-refractivity contribution in [2.24, 2.45) is 7.05 Å². The Bertz CT molecular complexity index is 1220. The van der Waals surface area contributed by atoms with Gasteiger partial charge in [-0.3, -0.25) is 9.59 Å². The minimum atomic E-state index is -4.19. The summed E-state index contributed by atoms with van der Waals surface area (Å²) in [6.07, 6.45) is 2.39. The van der Waals surface area contributed by atoms with Crippen LogP contribution in [0.25, 0.3) is 0 Å². The average Bonchev–Trinajstić information content (AvgIpc) is 3.20. The monoisotopic (exact) mass is 439 g/mol.